The molecular formula is C18H22N4O4. The number of hydrogen-bond donors (Lipinski definition) is 0. The summed E-state index contributed by atoms with van der Waals surface area (Å²) < 4.78 is 16.3. The van der Waals surface area contributed by atoms with Crippen LogP contribution in [0.1, 0.15) is 30.6 Å². The molecule has 1 atom stereocenters. The summed E-state index contributed by atoms with van der Waals surface area (Å²) in [5, 5.41) is 0. The van der Waals surface area contributed by atoms with Gasteiger partial charge in [0.05, 0.1) is 37.7 Å². The Labute approximate surface area is 152 Å². The lowest BCUT2D eigenvalue weighted by Gasteiger charge is -2.17. The van der Waals surface area contributed by atoms with Crippen molar-refractivity contribution in [3.63, 3.8) is 0 Å². The van der Waals surface area contributed by atoms with Crippen molar-refractivity contribution in [2.24, 2.45) is 0 Å². The van der Waals surface area contributed by atoms with Gasteiger partial charge in [-0.2, -0.15) is 4.98 Å². The summed E-state index contributed by atoms with van der Waals surface area (Å²) in [5.74, 6) is 1.22. The second-order valence-corrected chi connectivity index (χ2v) is 6.23. The highest BCUT2D eigenvalue weighted by molar-refractivity contribution is 5.94. The van der Waals surface area contributed by atoms with E-state index in [1.165, 1.54) is 19.5 Å². The lowest BCUT2D eigenvalue weighted by molar-refractivity contribution is 0.0770. The van der Waals surface area contributed by atoms with E-state index in [0.29, 0.717) is 36.3 Å². The van der Waals surface area contributed by atoms with Gasteiger partial charge in [-0.25, -0.2) is 4.98 Å². The predicted octanol–water partition coefficient (Wildman–Crippen LogP) is 1.96. The molecule has 1 aliphatic rings. The van der Waals surface area contributed by atoms with Crippen molar-refractivity contribution in [2.45, 2.75) is 32.5 Å². The molecule has 26 heavy (non-hydrogen) atoms. The first-order chi connectivity index (χ1) is 12.5. The summed E-state index contributed by atoms with van der Waals surface area (Å²) in [4.78, 5) is 26.7. The van der Waals surface area contributed by atoms with E-state index in [2.05, 4.69) is 15.0 Å². The maximum atomic E-state index is 12.6. The maximum absolute atomic E-state index is 12.6. The number of pyridine rings is 1. The lowest BCUT2D eigenvalue weighted by atomic mass is 10.2. The maximum Gasteiger partial charge on any atom is 0.255 e. The number of carbonyl (C=O) groups excluding carboxylic acids is 1. The van der Waals surface area contributed by atoms with Gasteiger partial charge in [-0.15, -0.1) is 0 Å². The van der Waals surface area contributed by atoms with E-state index < -0.39 is 0 Å². The van der Waals surface area contributed by atoms with E-state index >= 15 is 0 Å². The van der Waals surface area contributed by atoms with Crippen LogP contribution in [0.2, 0.25) is 0 Å². The van der Waals surface area contributed by atoms with Crippen LogP contribution in [-0.4, -0.2) is 58.2 Å². The Morgan fingerprint density at radius 1 is 1.19 bits per heavy atom. The monoisotopic (exact) mass is 358 g/mol. The second-order valence-electron chi connectivity index (χ2n) is 6.23. The number of likely N-dealkylation sites (tertiary alicyclic amines) is 1. The first-order valence-corrected chi connectivity index (χ1v) is 8.50. The zero-order chi connectivity index (χ0) is 18.5. The van der Waals surface area contributed by atoms with E-state index in [1.54, 1.807) is 23.2 Å². The Hall–Kier alpha value is -2.90. The molecule has 8 heteroatoms. The zero-order valence-corrected chi connectivity index (χ0v) is 15.1. The summed E-state index contributed by atoms with van der Waals surface area (Å²) in [6.45, 7) is 4.96. The Bertz CT molecular complexity index is 751. The highest BCUT2D eigenvalue weighted by Crippen LogP contribution is 2.20. The summed E-state index contributed by atoms with van der Waals surface area (Å²) >= 11 is 0. The fraction of sp³-hybridized carbons (Fsp3) is 0.444. The van der Waals surface area contributed by atoms with Gasteiger partial charge in [0, 0.05) is 25.2 Å². The predicted molar refractivity (Wildman–Crippen MR) is 93.5 cm³/mol. The van der Waals surface area contributed by atoms with Crippen LogP contribution in [0.25, 0.3) is 0 Å². The number of aromatic nitrogens is 3. The number of ether oxygens (including phenoxy) is 3. The summed E-state index contributed by atoms with van der Waals surface area (Å²) in [5.41, 5.74) is 0.530. The van der Waals surface area contributed by atoms with Crippen LogP contribution in [0.3, 0.4) is 0 Å². The average Bonchev–Trinajstić information content (AvgIpc) is 3.10. The lowest BCUT2D eigenvalue weighted by Crippen LogP contribution is -2.31. The molecule has 0 saturated carbocycles. The molecule has 1 unspecified atom stereocenters. The van der Waals surface area contributed by atoms with Crippen molar-refractivity contribution in [1.82, 2.24) is 19.9 Å². The van der Waals surface area contributed by atoms with Crippen LogP contribution in [0.4, 0.5) is 0 Å². The Morgan fingerprint density at radius 2 is 2.00 bits per heavy atom. The molecular weight excluding hydrogens is 336 g/mol. The fourth-order valence-electron chi connectivity index (χ4n) is 2.67. The second kappa shape index (κ2) is 7.99. The van der Waals surface area contributed by atoms with E-state index in [-0.39, 0.29) is 18.1 Å². The van der Waals surface area contributed by atoms with Gasteiger partial charge in [0.1, 0.15) is 6.10 Å². The molecule has 1 saturated heterocycles. The van der Waals surface area contributed by atoms with E-state index in [1.807, 2.05) is 13.8 Å². The van der Waals surface area contributed by atoms with Crippen molar-refractivity contribution in [2.75, 3.05) is 20.2 Å². The summed E-state index contributed by atoms with van der Waals surface area (Å²) in [7, 11) is 1.52. The molecule has 0 N–H and O–H groups in total. The van der Waals surface area contributed by atoms with Crippen LogP contribution < -0.4 is 14.2 Å². The quantitative estimate of drug-likeness (QED) is 0.780. The first-order valence-electron chi connectivity index (χ1n) is 8.50. The van der Waals surface area contributed by atoms with Crippen LogP contribution in [0, 0.1) is 0 Å². The molecule has 0 bridgehead atoms. The number of rotatable bonds is 6. The summed E-state index contributed by atoms with van der Waals surface area (Å²) in [6, 6.07) is 3.44. The number of nitrogens with zero attached hydrogens (tertiary/aromatic N) is 4. The minimum atomic E-state index is -0.128. The standard InChI is InChI=1S/C18H22N4O4/c1-12(2)25-15-5-4-13(8-20-15)18(23)22-7-6-14(11-22)26-17-10-19-9-16(21-17)24-3/h4-5,8-10,12,14H,6-7,11H2,1-3H3. The van der Waals surface area contributed by atoms with Crippen molar-refractivity contribution in [3.8, 4) is 17.6 Å². The van der Waals surface area contributed by atoms with Gasteiger partial charge in [0.2, 0.25) is 17.6 Å². The van der Waals surface area contributed by atoms with Gasteiger partial charge in [-0.1, -0.05) is 0 Å². The zero-order valence-electron chi connectivity index (χ0n) is 15.1. The van der Waals surface area contributed by atoms with E-state index in [0.717, 1.165) is 6.42 Å². The first kappa shape index (κ1) is 17.9. The molecule has 1 fully saturated rings. The third kappa shape index (κ3) is 4.38. The average molecular weight is 358 g/mol. The van der Waals surface area contributed by atoms with E-state index in [4.69, 9.17) is 14.2 Å². The van der Waals surface area contributed by atoms with Gasteiger partial charge in [-0.3, -0.25) is 9.78 Å². The molecule has 0 radical (unpaired) electrons. The van der Waals surface area contributed by atoms with Gasteiger partial charge in [0.25, 0.3) is 5.91 Å². The van der Waals surface area contributed by atoms with Crippen LogP contribution in [0.15, 0.2) is 30.7 Å². The van der Waals surface area contributed by atoms with E-state index in [9.17, 15) is 4.79 Å². The minimum absolute atomic E-state index is 0.0419. The van der Waals surface area contributed by atoms with Crippen LogP contribution in [-0.2, 0) is 0 Å². The highest BCUT2D eigenvalue weighted by Gasteiger charge is 2.29. The SMILES string of the molecule is COc1cncc(OC2CCN(C(=O)c3ccc(OC(C)C)nc3)C2)n1. The largest absolute Gasteiger partial charge is 0.480 e. The molecule has 2 aromatic heterocycles. The molecule has 1 aliphatic heterocycles. The van der Waals surface area contributed by atoms with Crippen molar-refractivity contribution in [1.29, 1.82) is 0 Å². The Balaban J connectivity index is 1.58. The Kier molecular flexibility index (Phi) is 5.50. The molecule has 1 amide bonds. The molecule has 3 rings (SSSR count). The third-order valence-electron chi connectivity index (χ3n) is 3.86. The van der Waals surface area contributed by atoms with Gasteiger partial charge < -0.3 is 19.1 Å². The molecule has 3 heterocycles. The number of methoxy groups -OCH3 is 1. The molecule has 2 aromatic rings. The number of carbonyl (C=O) groups is 1. The third-order valence-corrected chi connectivity index (χ3v) is 3.86. The van der Waals surface area contributed by atoms with Crippen molar-refractivity contribution < 1.29 is 19.0 Å². The highest BCUT2D eigenvalue weighted by atomic mass is 16.5. The molecule has 0 aliphatic carbocycles. The number of amides is 1. The van der Waals surface area contributed by atoms with Crippen LogP contribution >= 0.6 is 0 Å². The van der Waals surface area contributed by atoms with Gasteiger partial charge in [-0.05, 0) is 19.9 Å². The van der Waals surface area contributed by atoms with Crippen molar-refractivity contribution in [3.05, 3.63) is 36.3 Å². The van der Waals surface area contributed by atoms with Gasteiger partial charge in [0.15, 0.2) is 0 Å². The van der Waals surface area contributed by atoms with Crippen LogP contribution in [0.5, 0.6) is 17.6 Å². The molecule has 8 nitrogen and oxygen atoms in total. The van der Waals surface area contributed by atoms with Gasteiger partial charge >= 0.3 is 0 Å². The number of hydrogen-bond acceptors (Lipinski definition) is 7. The molecule has 0 spiro atoms. The smallest absolute Gasteiger partial charge is 0.255 e. The minimum Gasteiger partial charge on any atom is -0.480 e. The summed E-state index contributed by atoms with van der Waals surface area (Å²) in [6.07, 6.45) is 5.23. The fourth-order valence-corrected chi connectivity index (χ4v) is 2.67. The van der Waals surface area contributed by atoms with Crippen molar-refractivity contribution >= 4 is 5.91 Å². The topological polar surface area (TPSA) is 86.7 Å². The molecule has 0 aromatic carbocycles. The normalized spacial score (nSPS) is 16.6. The molecule has 138 valence electrons. The Morgan fingerprint density at radius 3 is 2.69 bits per heavy atom.